The normalized spacial score (nSPS) is 11.3. The summed E-state index contributed by atoms with van der Waals surface area (Å²) < 4.78 is 43.9. The number of aromatic nitrogens is 1. The van der Waals surface area contributed by atoms with Crippen LogP contribution in [0.3, 0.4) is 0 Å². The number of nitrogens with zero attached hydrogens (tertiary/aromatic N) is 1. The van der Waals surface area contributed by atoms with E-state index < -0.39 is 34.0 Å². The largest absolute Gasteiger partial charge is 0.454 e. The zero-order valence-corrected chi connectivity index (χ0v) is 17.5. The number of Topliss-reactive ketones (excluding diaryl/α,β-unsaturated/α-hetero) is 1. The van der Waals surface area contributed by atoms with Gasteiger partial charge in [0.25, 0.3) is 0 Å². The monoisotopic (exact) mass is 429 g/mol. The van der Waals surface area contributed by atoms with Crippen molar-refractivity contribution >= 4 is 21.6 Å². The molecule has 1 aromatic heterocycles. The van der Waals surface area contributed by atoms with Crippen LogP contribution in [0.5, 0.6) is 0 Å². The van der Waals surface area contributed by atoms with Gasteiger partial charge in [0.15, 0.2) is 16.4 Å². The molecule has 0 spiro atoms. The Hall–Kier alpha value is -3.26. The highest BCUT2D eigenvalue weighted by atomic mass is 32.2. The number of hydrogen-bond acceptors (Lipinski definition) is 5. The van der Waals surface area contributed by atoms with Crippen molar-refractivity contribution in [2.24, 2.45) is 0 Å². The van der Waals surface area contributed by atoms with E-state index in [0.29, 0.717) is 22.6 Å². The summed E-state index contributed by atoms with van der Waals surface area (Å²) in [5.41, 5.74) is 2.00. The van der Waals surface area contributed by atoms with Crippen LogP contribution in [-0.2, 0) is 14.6 Å². The molecule has 0 aliphatic rings. The van der Waals surface area contributed by atoms with Crippen LogP contribution in [0.15, 0.2) is 59.5 Å². The Morgan fingerprint density at radius 3 is 2.27 bits per heavy atom. The number of aryl methyl sites for hydroxylation is 1. The van der Waals surface area contributed by atoms with Gasteiger partial charge in [0, 0.05) is 23.2 Å². The predicted octanol–water partition coefficient (Wildman–Crippen LogP) is 3.68. The van der Waals surface area contributed by atoms with Gasteiger partial charge in [-0.05, 0) is 56.3 Å². The van der Waals surface area contributed by atoms with Crippen LogP contribution in [0.25, 0.3) is 5.69 Å². The molecule has 0 amide bonds. The average molecular weight is 429 g/mol. The van der Waals surface area contributed by atoms with E-state index >= 15 is 0 Å². The van der Waals surface area contributed by atoms with Gasteiger partial charge in [-0.2, -0.15) is 0 Å². The molecule has 0 N–H and O–H groups in total. The third-order valence-corrected chi connectivity index (χ3v) is 5.81. The highest BCUT2D eigenvalue weighted by Gasteiger charge is 2.20. The molecule has 3 aromatic rings. The SMILES string of the molecule is Cc1cc(C(=O)COC(=O)c2ccc(S(C)(=O)=O)cc2)c(C)n1-c1ccccc1F. The van der Waals surface area contributed by atoms with Gasteiger partial charge in [0.2, 0.25) is 5.78 Å². The van der Waals surface area contributed by atoms with E-state index in [-0.39, 0.29) is 10.5 Å². The Morgan fingerprint density at radius 1 is 1.03 bits per heavy atom. The third-order valence-electron chi connectivity index (χ3n) is 4.68. The Morgan fingerprint density at radius 2 is 1.67 bits per heavy atom. The molecule has 0 aliphatic carbocycles. The lowest BCUT2D eigenvalue weighted by atomic mass is 10.1. The van der Waals surface area contributed by atoms with E-state index in [9.17, 15) is 22.4 Å². The van der Waals surface area contributed by atoms with Crippen molar-refractivity contribution in [3.05, 3.63) is 82.9 Å². The minimum Gasteiger partial charge on any atom is -0.454 e. The molecule has 1 heterocycles. The summed E-state index contributed by atoms with van der Waals surface area (Å²) in [6.45, 7) is 2.96. The zero-order chi connectivity index (χ0) is 22.1. The van der Waals surface area contributed by atoms with Gasteiger partial charge in [-0.3, -0.25) is 4.79 Å². The Balaban J connectivity index is 1.75. The maximum atomic E-state index is 14.2. The van der Waals surface area contributed by atoms with E-state index in [0.717, 1.165) is 6.26 Å². The van der Waals surface area contributed by atoms with Gasteiger partial charge >= 0.3 is 5.97 Å². The maximum Gasteiger partial charge on any atom is 0.338 e. The van der Waals surface area contributed by atoms with Crippen LogP contribution < -0.4 is 0 Å². The van der Waals surface area contributed by atoms with Crippen LogP contribution in [-0.4, -0.2) is 37.6 Å². The first-order chi connectivity index (χ1) is 14.1. The molecular weight excluding hydrogens is 409 g/mol. The molecule has 0 saturated carbocycles. The lowest BCUT2D eigenvalue weighted by Crippen LogP contribution is -2.15. The summed E-state index contributed by atoms with van der Waals surface area (Å²) in [5, 5.41) is 0. The number of benzene rings is 2. The van der Waals surface area contributed by atoms with Crippen LogP contribution in [0.1, 0.15) is 32.1 Å². The van der Waals surface area contributed by atoms with E-state index in [4.69, 9.17) is 4.74 Å². The van der Waals surface area contributed by atoms with Crippen LogP contribution in [0.4, 0.5) is 4.39 Å². The van der Waals surface area contributed by atoms with Crippen molar-refractivity contribution in [2.75, 3.05) is 12.9 Å². The second kappa shape index (κ2) is 8.23. The van der Waals surface area contributed by atoms with Crippen LogP contribution >= 0.6 is 0 Å². The maximum absolute atomic E-state index is 14.2. The molecule has 156 valence electrons. The molecule has 6 nitrogen and oxygen atoms in total. The van der Waals surface area contributed by atoms with Crippen molar-refractivity contribution in [3.8, 4) is 5.69 Å². The molecule has 30 heavy (non-hydrogen) atoms. The number of sulfone groups is 1. The van der Waals surface area contributed by atoms with Crippen molar-refractivity contribution in [3.63, 3.8) is 0 Å². The lowest BCUT2D eigenvalue weighted by Gasteiger charge is -2.11. The molecule has 0 bridgehead atoms. The third kappa shape index (κ3) is 4.33. The predicted molar refractivity (Wildman–Crippen MR) is 109 cm³/mol. The minimum atomic E-state index is -3.37. The van der Waals surface area contributed by atoms with Gasteiger partial charge in [-0.1, -0.05) is 12.1 Å². The van der Waals surface area contributed by atoms with Crippen molar-refractivity contribution in [1.29, 1.82) is 0 Å². The van der Waals surface area contributed by atoms with Gasteiger partial charge in [-0.15, -0.1) is 0 Å². The molecule has 0 radical (unpaired) electrons. The summed E-state index contributed by atoms with van der Waals surface area (Å²) in [6.07, 6.45) is 1.07. The first-order valence-corrected chi connectivity index (χ1v) is 10.9. The molecule has 0 unspecified atom stereocenters. The van der Waals surface area contributed by atoms with E-state index in [1.54, 1.807) is 42.7 Å². The number of ketones is 1. The van der Waals surface area contributed by atoms with E-state index in [2.05, 4.69) is 0 Å². The number of carbonyl (C=O) groups excluding carboxylic acids is 2. The lowest BCUT2D eigenvalue weighted by molar-refractivity contribution is 0.0474. The Bertz CT molecular complexity index is 1230. The molecule has 8 heteroatoms. The van der Waals surface area contributed by atoms with Crippen LogP contribution in [0, 0.1) is 19.7 Å². The second-order valence-electron chi connectivity index (χ2n) is 6.87. The summed E-state index contributed by atoms with van der Waals surface area (Å²) >= 11 is 0. The fourth-order valence-corrected chi connectivity index (χ4v) is 3.81. The first-order valence-electron chi connectivity index (χ1n) is 9.04. The molecule has 0 fully saturated rings. The fourth-order valence-electron chi connectivity index (χ4n) is 3.18. The van der Waals surface area contributed by atoms with E-state index in [1.807, 2.05) is 0 Å². The van der Waals surface area contributed by atoms with Gasteiger partial charge in [0.05, 0.1) is 16.1 Å². The molecule has 3 rings (SSSR count). The highest BCUT2D eigenvalue weighted by molar-refractivity contribution is 7.90. The minimum absolute atomic E-state index is 0.0794. The molecular formula is C22H20FNO5S. The highest BCUT2D eigenvalue weighted by Crippen LogP contribution is 2.23. The van der Waals surface area contributed by atoms with Crippen molar-refractivity contribution in [1.82, 2.24) is 4.57 Å². The summed E-state index contributed by atoms with van der Waals surface area (Å²) in [5.74, 6) is -1.58. The number of ether oxygens (including phenoxy) is 1. The van der Waals surface area contributed by atoms with Crippen molar-refractivity contribution in [2.45, 2.75) is 18.7 Å². The quantitative estimate of drug-likeness (QED) is 0.441. The topological polar surface area (TPSA) is 82.4 Å². The summed E-state index contributed by atoms with van der Waals surface area (Å²) in [7, 11) is -3.37. The standard InChI is InChI=1S/C22H20FNO5S/c1-14-12-18(15(2)24(14)20-7-5-4-6-19(20)23)21(25)13-29-22(26)16-8-10-17(11-9-16)30(3,27)28/h4-12H,13H2,1-3H3. The molecule has 0 aliphatic heterocycles. The number of carbonyl (C=O) groups is 2. The van der Waals surface area contributed by atoms with Crippen LogP contribution in [0.2, 0.25) is 0 Å². The van der Waals surface area contributed by atoms with Crippen molar-refractivity contribution < 1.29 is 27.1 Å². The summed E-state index contributed by atoms with van der Waals surface area (Å²) in [6, 6.07) is 13.1. The summed E-state index contributed by atoms with van der Waals surface area (Å²) in [4.78, 5) is 24.9. The number of hydrogen-bond donors (Lipinski definition) is 0. The molecule has 0 atom stereocenters. The number of esters is 1. The van der Waals surface area contributed by atoms with E-state index in [1.165, 1.54) is 30.3 Å². The Kier molecular flexibility index (Phi) is 5.89. The van der Waals surface area contributed by atoms with Gasteiger partial charge in [0.1, 0.15) is 5.82 Å². The first kappa shape index (κ1) is 21.4. The smallest absolute Gasteiger partial charge is 0.338 e. The fraction of sp³-hybridized carbons (Fsp3) is 0.182. The van der Waals surface area contributed by atoms with Gasteiger partial charge in [-0.25, -0.2) is 17.6 Å². The Labute approximate surface area is 173 Å². The zero-order valence-electron chi connectivity index (χ0n) is 16.7. The molecule has 0 saturated heterocycles. The number of rotatable bonds is 6. The number of para-hydroxylation sites is 1. The van der Waals surface area contributed by atoms with Gasteiger partial charge < -0.3 is 9.30 Å². The average Bonchev–Trinajstić information content (AvgIpc) is 3.00. The second-order valence-corrected chi connectivity index (χ2v) is 8.88. The molecule has 2 aromatic carbocycles. The number of halogens is 1.